The molecule has 0 saturated carbocycles. The molecule has 0 radical (unpaired) electrons. The smallest absolute Gasteiger partial charge is 0.258 e. The van der Waals surface area contributed by atoms with Crippen LogP contribution in [0.15, 0.2) is 111 Å². The third kappa shape index (κ3) is 13.9. The molecule has 2 unspecified atom stereocenters. The number of nitrogens with one attached hydrogen (secondary N) is 4. The molecule has 69 heavy (non-hydrogen) atoms. The fraction of sp³-hybridized carbons (Fsp3) is 0.250. The summed E-state index contributed by atoms with van der Waals surface area (Å²) in [6.07, 6.45) is 1.22. The quantitative estimate of drug-likeness (QED) is 0.0296. The number of alkyl halides is 3. The molecule has 4 amide bonds. The highest BCUT2D eigenvalue weighted by Gasteiger charge is 2.27. The number of ketones is 2. The van der Waals surface area contributed by atoms with Gasteiger partial charge in [0.15, 0.2) is 11.6 Å². The number of hydrogen-bond acceptors (Lipinski definition) is 12. The lowest BCUT2D eigenvalue weighted by atomic mass is 10.1. The van der Waals surface area contributed by atoms with Crippen LogP contribution in [0.4, 0.5) is 34.1 Å². The molecule has 0 aromatic heterocycles. The van der Waals surface area contributed by atoms with Crippen molar-refractivity contribution in [3.8, 4) is 11.5 Å². The third-order valence-corrected chi connectivity index (χ3v) is 11.5. The zero-order valence-corrected chi connectivity index (χ0v) is 41.3. The van der Waals surface area contributed by atoms with Crippen molar-refractivity contribution >= 4 is 127 Å². The van der Waals surface area contributed by atoms with E-state index in [0.29, 0.717) is 53.0 Å². The minimum atomic E-state index is -1.64. The van der Waals surface area contributed by atoms with Crippen molar-refractivity contribution in [3.63, 3.8) is 0 Å². The molecule has 4 N–H and O–H groups in total. The number of halogens is 5. The summed E-state index contributed by atoms with van der Waals surface area (Å²) < 4.78 is 11.0. The summed E-state index contributed by atoms with van der Waals surface area (Å²) in [4.78, 5) is 79.2. The first-order valence-electron chi connectivity index (χ1n) is 20.9. The maximum atomic E-state index is 13.6. The van der Waals surface area contributed by atoms with Gasteiger partial charge < -0.3 is 30.7 Å². The second kappa shape index (κ2) is 25.8. The van der Waals surface area contributed by atoms with Crippen LogP contribution in [0, 0.1) is 0 Å². The second-order valence-electron chi connectivity index (χ2n) is 14.8. The van der Waals surface area contributed by atoms with Gasteiger partial charge in [0.2, 0.25) is 12.1 Å². The normalized spacial score (nSPS) is 12.0. The molecule has 5 aromatic carbocycles. The van der Waals surface area contributed by atoms with Gasteiger partial charge in [-0.15, -0.1) is 34.8 Å². The molecule has 0 heterocycles. The van der Waals surface area contributed by atoms with Crippen molar-refractivity contribution in [2.24, 2.45) is 20.5 Å². The van der Waals surface area contributed by atoms with Gasteiger partial charge in [0.1, 0.15) is 22.9 Å². The molecule has 0 saturated heterocycles. The number of azo groups is 2. The van der Waals surface area contributed by atoms with Crippen LogP contribution in [0.2, 0.25) is 10.0 Å². The first-order valence-corrected chi connectivity index (χ1v) is 23.3. The summed E-state index contributed by atoms with van der Waals surface area (Å²) in [7, 11) is 2.95. The van der Waals surface area contributed by atoms with Crippen molar-refractivity contribution < 1.29 is 38.2 Å². The highest BCUT2D eigenvalue weighted by atomic mass is 35.5. The number of benzene rings is 5. The number of amides is 4. The Hall–Kier alpha value is -6.43. The van der Waals surface area contributed by atoms with Crippen molar-refractivity contribution in [2.45, 2.75) is 45.2 Å². The van der Waals surface area contributed by atoms with Crippen LogP contribution in [-0.2, 0) is 38.4 Å². The summed E-state index contributed by atoms with van der Waals surface area (Å²) in [5.74, 6) is -2.48. The Kier molecular flexibility index (Phi) is 20.0. The number of anilines is 4. The third-order valence-electron chi connectivity index (χ3n) is 10.1. The van der Waals surface area contributed by atoms with E-state index in [2.05, 4.69) is 41.7 Å². The monoisotopic (exact) mass is 1040 g/mol. The Morgan fingerprint density at radius 1 is 0.522 bits per heavy atom. The van der Waals surface area contributed by atoms with E-state index in [0.717, 1.165) is 25.0 Å². The number of nitrogens with zero attached hydrogens (tertiary/aromatic N) is 4. The molecule has 21 heteroatoms. The maximum Gasteiger partial charge on any atom is 0.258 e. The van der Waals surface area contributed by atoms with Crippen LogP contribution in [0.1, 0.15) is 51.3 Å². The predicted molar refractivity (Wildman–Crippen MR) is 270 cm³/mol. The number of hydrogen-bond donors (Lipinski definition) is 4. The molecule has 5 rings (SSSR count). The molecule has 0 spiro atoms. The number of aryl methyl sites for hydroxylation is 3. The van der Waals surface area contributed by atoms with Crippen LogP contribution in [0.25, 0.3) is 0 Å². The highest BCUT2D eigenvalue weighted by Crippen LogP contribution is 2.35. The molecule has 2 atom stereocenters. The highest BCUT2D eigenvalue weighted by molar-refractivity contribution is 6.37. The van der Waals surface area contributed by atoms with Crippen molar-refractivity contribution in [3.05, 3.63) is 129 Å². The first kappa shape index (κ1) is 53.5. The number of methoxy groups -OCH3 is 2. The van der Waals surface area contributed by atoms with Gasteiger partial charge in [0.05, 0.1) is 46.8 Å². The number of Topliss-reactive ketones (excluding diaryl/α,β-unsaturated/α-hetero) is 2. The molecule has 0 aliphatic carbocycles. The fourth-order valence-corrected chi connectivity index (χ4v) is 7.87. The number of rotatable bonds is 22. The van der Waals surface area contributed by atoms with Gasteiger partial charge in [-0.1, -0.05) is 59.6 Å². The molecule has 0 bridgehead atoms. The lowest BCUT2D eigenvalue weighted by molar-refractivity contribution is -0.127. The number of carbonyl (C=O) groups excluding carboxylic acids is 6. The van der Waals surface area contributed by atoms with Crippen molar-refractivity contribution in [1.29, 1.82) is 0 Å². The van der Waals surface area contributed by atoms with E-state index in [1.54, 1.807) is 24.3 Å². The van der Waals surface area contributed by atoms with Gasteiger partial charge in [-0.3, -0.25) is 28.8 Å². The zero-order chi connectivity index (χ0) is 50.2. The molecular formula is C48H45Cl5N8O8. The molecular weight excluding hydrogens is 994 g/mol. The molecule has 16 nitrogen and oxygen atoms in total. The Morgan fingerprint density at radius 2 is 0.942 bits per heavy atom. The van der Waals surface area contributed by atoms with E-state index < -0.39 is 47.3 Å². The lowest BCUT2D eigenvalue weighted by Crippen LogP contribution is -2.32. The number of ether oxygens (including phenoxy) is 2. The summed E-state index contributed by atoms with van der Waals surface area (Å²) >= 11 is 31.2. The molecule has 5 aromatic rings. The minimum Gasteiger partial charge on any atom is -0.494 e. The lowest BCUT2D eigenvalue weighted by Gasteiger charge is -2.16. The van der Waals surface area contributed by atoms with Crippen molar-refractivity contribution in [1.82, 2.24) is 0 Å². The van der Waals surface area contributed by atoms with Gasteiger partial charge in [-0.2, -0.15) is 20.5 Å². The van der Waals surface area contributed by atoms with E-state index >= 15 is 0 Å². The Morgan fingerprint density at radius 3 is 1.36 bits per heavy atom. The average molecular weight is 1040 g/mol. The zero-order valence-electron chi connectivity index (χ0n) is 37.5. The van der Waals surface area contributed by atoms with Gasteiger partial charge in [0.25, 0.3) is 23.6 Å². The average Bonchev–Trinajstić information content (AvgIpc) is 3.31. The summed E-state index contributed by atoms with van der Waals surface area (Å²) in [5, 5.41) is 26.8. The van der Waals surface area contributed by atoms with Gasteiger partial charge in [-0.25, -0.2) is 0 Å². The fourth-order valence-electron chi connectivity index (χ4n) is 6.76. The number of carbonyl (C=O) groups is 6. The predicted octanol–water partition coefficient (Wildman–Crippen LogP) is 11.2. The SMILES string of the molecule is COc1c(CCCl)cccc1NC(=O)c1cccc(N=NC(C(C)=O)C(=O)Nc2ccc(NC(=O)C(N=Nc3cccc(C(=O)Nc4cccc(CCCl)c4OC)c3Cl)C(C)=O)c(CCCl)c2)c1Cl. The molecule has 0 aliphatic heterocycles. The van der Waals surface area contributed by atoms with E-state index in [1.807, 2.05) is 12.1 Å². The summed E-state index contributed by atoms with van der Waals surface area (Å²) in [5.41, 5.74) is 3.39. The first-order chi connectivity index (χ1) is 33.1. The molecule has 360 valence electrons. The van der Waals surface area contributed by atoms with Crippen LogP contribution < -0.4 is 30.7 Å². The largest absolute Gasteiger partial charge is 0.494 e. The van der Waals surface area contributed by atoms with Crippen molar-refractivity contribution in [2.75, 3.05) is 53.1 Å². The van der Waals surface area contributed by atoms with E-state index in [4.69, 9.17) is 67.5 Å². The van der Waals surface area contributed by atoms with Crippen LogP contribution in [0.5, 0.6) is 11.5 Å². The van der Waals surface area contributed by atoms with Gasteiger partial charge in [-0.05, 0) is 104 Å². The minimum absolute atomic E-state index is 0.0131. The summed E-state index contributed by atoms with van der Waals surface area (Å²) in [6, 6.07) is 20.6. The van der Waals surface area contributed by atoms with Crippen LogP contribution in [0.3, 0.4) is 0 Å². The topological polar surface area (TPSA) is 218 Å². The van der Waals surface area contributed by atoms with Crippen LogP contribution in [-0.4, -0.2) is 79.1 Å². The van der Waals surface area contributed by atoms with E-state index in [-0.39, 0.29) is 56.2 Å². The summed E-state index contributed by atoms with van der Waals surface area (Å²) in [6.45, 7) is 2.32. The molecule has 0 aliphatic rings. The van der Waals surface area contributed by atoms with Gasteiger partial charge >= 0.3 is 0 Å². The Bertz CT molecular complexity index is 2810. The molecule has 0 fully saturated rings. The Labute approximate surface area is 422 Å². The van der Waals surface area contributed by atoms with Crippen LogP contribution >= 0.6 is 58.0 Å². The Balaban J connectivity index is 1.29. The standard InChI is InChI=1S/C48H45Cl5N8O8/c1-26(62)41(60-58-35-13-7-11-32(39(35)52)45(64)56-37-15-5-9-28(19-22-49)43(37)68-3)47(66)54-31-17-18-34(30(25-31)21-24-51)55-48(67)42(27(2)63)61-59-36-14-8-12-33(40(36)53)46(65)57-38-16-6-10-29(20-23-50)44(38)69-4/h5-18,25,41-42H,19-24H2,1-4H3,(H,54,66)(H,55,67)(H,56,64)(H,57,65). The van der Waals surface area contributed by atoms with E-state index in [9.17, 15) is 28.8 Å². The second-order valence-corrected chi connectivity index (χ2v) is 16.7. The van der Waals surface area contributed by atoms with E-state index in [1.165, 1.54) is 68.8 Å². The number of para-hydroxylation sites is 2. The maximum absolute atomic E-state index is 13.6. The van der Waals surface area contributed by atoms with Gasteiger partial charge in [0, 0.05) is 29.0 Å².